The topological polar surface area (TPSA) is 80.0 Å². The predicted octanol–water partition coefficient (Wildman–Crippen LogP) is 1.06. The first-order valence-corrected chi connectivity index (χ1v) is 7.01. The first kappa shape index (κ1) is 13.8. The molecule has 6 nitrogen and oxygen atoms in total. The van der Waals surface area contributed by atoms with Crippen molar-refractivity contribution in [2.45, 2.75) is 25.0 Å². The molecule has 1 amide bonds. The second kappa shape index (κ2) is 5.65. The van der Waals surface area contributed by atoms with Crippen LogP contribution in [-0.4, -0.2) is 31.7 Å². The quantitative estimate of drug-likeness (QED) is 0.880. The summed E-state index contributed by atoms with van der Waals surface area (Å²) < 4.78 is 1.68. The second-order valence-electron chi connectivity index (χ2n) is 5.48. The number of nitrogens with one attached hydrogen (secondary N) is 1. The second-order valence-corrected chi connectivity index (χ2v) is 5.48. The molecular weight excluding hydrogens is 268 g/mol. The molecule has 21 heavy (non-hydrogen) atoms. The Labute approximate surface area is 122 Å². The zero-order valence-electron chi connectivity index (χ0n) is 11.8. The van der Waals surface area contributed by atoms with Crippen LogP contribution >= 0.6 is 0 Å². The largest absolute Gasteiger partial charge is 0.393 e. The summed E-state index contributed by atoms with van der Waals surface area (Å²) in [6.07, 6.45) is 5.96. The number of pyridine rings is 1. The molecule has 2 aromatic rings. The zero-order valence-corrected chi connectivity index (χ0v) is 11.8. The molecule has 1 atom stereocenters. The van der Waals surface area contributed by atoms with Gasteiger partial charge in [0, 0.05) is 13.2 Å². The molecular formula is C15H18N4O2. The van der Waals surface area contributed by atoms with Gasteiger partial charge in [-0.05, 0) is 30.9 Å². The lowest BCUT2D eigenvalue weighted by Crippen LogP contribution is -2.42. The molecule has 2 heterocycles. The maximum absolute atomic E-state index is 12.4. The van der Waals surface area contributed by atoms with E-state index in [9.17, 15) is 9.90 Å². The van der Waals surface area contributed by atoms with Crippen molar-refractivity contribution in [2.75, 3.05) is 0 Å². The number of carbonyl (C=O) groups is 1. The smallest absolute Gasteiger partial charge is 0.270 e. The summed E-state index contributed by atoms with van der Waals surface area (Å²) >= 11 is 0. The highest BCUT2D eigenvalue weighted by Crippen LogP contribution is 2.37. The number of rotatable bonds is 4. The van der Waals surface area contributed by atoms with Crippen molar-refractivity contribution >= 4 is 5.91 Å². The fourth-order valence-corrected chi connectivity index (χ4v) is 2.69. The van der Waals surface area contributed by atoms with Crippen LogP contribution in [0.2, 0.25) is 0 Å². The van der Waals surface area contributed by atoms with E-state index in [4.69, 9.17) is 0 Å². The molecule has 1 aliphatic carbocycles. The standard InChI is InChI=1S/C15H18N4O2/c1-19-9-16-8-13(19)15(21)18-14(10-6-11(20)7-10)12-4-2-3-5-17-12/h2-5,8-11,14,20H,6-7H2,1H3,(H,18,21). The third-order valence-electron chi connectivity index (χ3n) is 3.96. The summed E-state index contributed by atoms with van der Waals surface area (Å²) in [5.41, 5.74) is 1.33. The number of nitrogens with zero attached hydrogens (tertiary/aromatic N) is 3. The number of aliphatic hydroxyl groups excluding tert-OH is 1. The van der Waals surface area contributed by atoms with Crippen molar-refractivity contribution < 1.29 is 9.90 Å². The third kappa shape index (κ3) is 2.80. The van der Waals surface area contributed by atoms with Gasteiger partial charge in [-0.1, -0.05) is 6.07 Å². The van der Waals surface area contributed by atoms with Crippen LogP contribution in [0.15, 0.2) is 36.9 Å². The Morgan fingerprint density at radius 1 is 1.48 bits per heavy atom. The van der Waals surface area contributed by atoms with Crippen LogP contribution in [0.5, 0.6) is 0 Å². The number of aliphatic hydroxyl groups is 1. The van der Waals surface area contributed by atoms with E-state index < -0.39 is 0 Å². The van der Waals surface area contributed by atoms with Gasteiger partial charge in [0.2, 0.25) is 0 Å². The lowest BCUT2D eigenvalue weighted by Gasteiger charge is -2.37. The third-order valence-corrected chi connectivity index (χ3v) is 3.96. The summed E-state index contributed by atoms with van der Waals surface area (Å²) in [6.45, 7) is 0. The van der Waals surface area contributed by atoms with E-state index in [2.05, 4.69) is 15.3 Å². The molecule has 0 radical (unpaired) electrons. The van der Waals surface area contributed by atoms with E-state index in [-0.39, 0.29) is 24.0 Å². The average molecular weight is 286 g/mol. The molecule has 0 aromatic carbocycles. The monoisotopic (exact) mass is 286 g/mol. The van der Waals surface area contributed by atoms with Gasteiger partial charge in [0.05, 0.1) is 30.4 Å². The van der Waals surface area contributed by atoms with Gasteiger partial charge in [-0.15, -0.1) is 0 Å². The van der Waals surface area contributed by atoms with E-state index in [1.807, 2.05) is 18.2 Å². The van der Waals surface area contributed by atoms with Gasteiger partial charge in [-0.25, -0.2) is 4.98 Å². The number of aryl methyl sites for hydroxylation is 1. The lowest BCUT2D eigenvalue weighted by atomic mass is 9.76. The van der Waals surface area contributed by atoms with E-state index in [1.165, 1.54) is 0 Å². The van der Waals surface area contributed by atoms with Crippen LogP contribution in [0.25, 0.3) is 0 Å². The minimum absolute atomic E-state index is 0.174. The summed E-state index contributed by atoms with van der Waals surface area (Å²) in [7, 11) is 1.78. The molecule has 3 rings (SSSR count). The lowest BCUT2D eigenvalue weighted by molar-refractivity contribution is 0.0227. The van der Waals surface area contributed by atoms with Gasteiger partial charge in [-0.3, -0.25) is 9.78 Å². The van der Waals surface area contributed by atoms with Crippen molar-refractivity contribution in [1.29, 1.82) is 0 Å². The maximum Gasteiger partial charge on any atom is 0.270 e. The van der Waals surface area contributed by atoms with Crippen LogP contribution in [0.4, 0.5) is 0 Å². The van der Waals surface area contributed by atoms with Gasteiger partial charge in [-0.2, -0.15) is 0 Å². The minimum atomic E-state index is -0.269. The normalized spacial score (nSPS) is 22.4. The summed E-state index contributed by atoms with van der Waals surface area (Å²) in [4.78, 5) is 20.7. The Hall–Kier alpha value is -2.21. The predicted molar refractivity (Wildman–Crippen MR) is 76.4 cm³/mol. The number of aromatic nitrogens is 3. The summed E-state index contributed by atoms with van der Waals surface area (Å²) in [6, 6.07) is 5.47. The highest BCUT2D eigenvalue weighted by molar-refractivity contribution is 5.92. The molecule has 1 unspecified atom stereocenters. The van der Waals surface area contributed by atoms with E-state index in [0.29, 0.717) is 18.5 Å². The van der Waals surface area contributed by atoms with Crippen LogP contribution in [0, 0.1) is 5.92 Å². The molecule has 110 valence electrons. The average Bonchev–Trinajstić information content (AvgIpc) is 2.89. The molecule has 2 aromatic heterocycles. The van der Waals surface area contributed by atoms with Crippen LogP contribution in [0.3, 0.4) is 0 Å². The molecule has 0 aliphatic heterocycles. The van der Waals surface area contributed by atoms with Gasteiger partial charge in [0.25, 0.3) is 5.91 Å². The Kier molecular flexibility index (Phi) is 3.70. The van der Waals surface area contributed by atoms with Gasteiger partial charge >= 0.3 is 0 Å². The molecule has 6 heteroatoms. The van der Waals surface area contributed by atoms with Crippen LogP contribution in [0.1, 0.15) is 35.1 Å². The van der Waals surface area contributed by atoms with Gasteiger partial charge < -0.3 is 15.0 Å². The highest BCUT2D eigenvalue weighted by atomic mass is 16.3. The Bertz CT molecular complexity index is 620. The van der Waals surface area contributed by atoms with Crippen molar-refractivity contribution in [3.8, 4) is 0 Å². The Morgan fingerprint density at radius 2 is 2.29 bits per heavy atom. The van der Waals surface area contributed by atoms with E-state index >= 15 is 0 Å². The molecule has 0 spiro atoms. The highest BCUT2D eigenvalue weighted by Gasteiger charge is 2.36. The summed E-state index contributed by atoms with van der Waals surface area (Å²) in [5, 5.41) is 12.6. The first-order valence-electron chi connectivity index (χ1n) is 7.01. The van der Waals surface area contributed by atoms with Crippen LogP contribution < -0.4 is 5.32 Å². The minimum Gasteiger partial charge on any atom is -0.393 e. The molecule has 1 fully saturated rings. The number of hydrogen-bond donors (Lipinski definition) is 2. The van der Waals surface area contributed by atoms with Crippen LogP contribution in [-0.2, 0) is 7.05 Å². The SMILES string of the molecule is Cn1cncc1C(=O)NC(c1ccccn1)C1CC(O)C1. The fraction of sp³-hybridized carbons (Fsp3) is 0.400. The van der Waals surface area contributed by atoms with Gasteiger partial charge in [0.15, 0.2) is 0 Å². The summed E-state index contributed by atoms with van der Waals surface area (Å²) in [5.74, 6) is 0.0409. The number of carbonyl (C=O) groups excluding carboxylic acids is 1. The molecule has 1 saturated carbocycles. The van der Waals surface area contributed by atoms with Gasteiger partial charge in [0.1, 0.15) is 5.69 Å². The molecule has 0 saturated heterocycles. The number of hydrogen-bond acceptors (Lipinski definition) is 4. The number of amides is 1. The Morgan fingerprint density at radius 3 is 2.86 bits per heavy atom. The maximum atomic E-state index is 12.4. The fourth-order valence-electron chi connectivity index (χ4n) is 2.69. The zero-order chi connectivity index (χ0) is 14.8. The Balaban J connectivity index is 1.80. The van der Waals surface area contributed by atoms with Crippen molar-refractivity contribution in [1.82, 2.24) is 19.9 Å². The molecule has 1 aliphatic rings. The molecule has 0 bridgehead atoms. The first-order chi connectivity index (χ1) is 10.1. The molecule has 2 N–H and O–H groups in total. The van der Waals surface area contributed by atoms with Crippen molar-refractivity contribution in [3.63, 3.8) is 0 Å². The van der Waals surface area contributed by atoms with E-state index in [1.54, 1.807) is 30.3 Å². The van der Waals surface area contributed by atoms with E-state index in [0.717, 1.165) is 5.69 Å². The number of imidazole rings is 1. The van der Waals surface area contributed by atoms with Crippen molar-refractivity contribution in [3.05, 3.63) is 48.3 Å². The van der Waals surface area contributed by atoms with Crippen molar-refractivity contribution in [2.24, 2.45) is 13.0 Å².